The lowest BCUT2D eigenvalue weighted by Crippen LogP contribution is -2.33. The summed E-state index contributed by atoms with van der Waals surface area (Å²) in [5.41, 5.74) is 0.387. The van der Waals surface area contributed by atoms with Gasteiger partial charge in [0.05, 0.1) is 42.3 Å². The van der Waals surface area contributed by atoms with Gasteiger partial charge in [-0.15, -0.1) is 0 Å². The van der Waals surface area contributed by atoms with E-state index in [0.29, 0.717) is 16.9 Å². The van der Waals surface area contributed by atoms with Crippen molar-refractivity contribution >= 4 is 17.5 Å². The van der Waals surface area contributed by atoms with E-state index >= 15 is 0 Å². The minimum absolute atomic E-state index is 0.0725. The first-order valence-corrected chi connectivity index (χ1v) is 8.74. The van der Waals surface area contributed by atoms with Gasteiger partial charge >= 0.3 is 6.18 Å². The third-order valence-corrected chi connectivity index (χ3v) is 4.03. The molecule has 0 unspecified atom stereocenters. The van der Waals surface area contributed by atoms with Crippen molar-refractivity contribution in [1.29, 1.82) is 0 Å². The highest BCUT2D eigenvalue weighted by Gasteiger charge is 2.30. The molecular weight excluding hydrogens is 404 g/mol. The summed E-state index contributed by atoms with van der Waals surface area (Å²) in [5, 5.41) is 8.93. The largest absolute Gasteiger partial charge is 0.416 e. The maximum atomic E-state index is 13.1. The van der Waals surface area contributed by atoms with Crippen LogP contribution in [0.15, 0.2) is 60.9 Å². The Labute approximate surface area is 168 Å². The maximum Gasteiger partial charge on any atom is 0.416 e. The number of anilines is 1. The van der Waals surface area contributed by atoms with Crippen molar-refractivity contribution in [3.8, 4) is 5.69 Å². The highest BCUT2D eigenvalue weighted by atomic mass is 19.4. The molecule has 0 saturated carbocycles. The number of hydrogen-bond donors (Lipinski definition) is 2. The van der Waals surface area contributed by atoms with Crippen LogP contribution in [0.1, 0.15) is 11.1 Å². The second-order valence-electron chi connectivity index (χ2n) is 6.35. The van der Waals surface area contributed by atoms with E-state index in [0.717, 1.165) is 12.1 Å². The van der Waals surface area contributed by atoms with Gasteiger partial charge in [-0.05, 0) is 42.0 Å². The van der Waals surface area contributed by atoms with Crippen LogP contribution in [-0.4, -0.2) is 28.1 Å². The fraction of sp³-hybridized carbons (Fsp3) is 0.150. The molecule has 6 nitrogen and oxygen atoms in total. The number of nitrogens with one attached hydrogen (secondary N) is 2. The molecule has 0 spiro atoms. The Hall–Kier alpha value is -3.69. The van der Waals surface area contributed by atoms with E-state index in [-0.39, 0.29) is 13.0 Å². The van der Waals surface area contributed by atoms with E-state index in [1.165, 1.54) is 47.4 Å². The molecule has 0 atom stereocenters. The highest BCUT2D eigenvalue weighted by Crippen LogP contribution is 2.29. The second-order valence-corrected chi connectivity index (χ2v) is 6.35. The number of nitrogens with zero attached hydrogens (tertiary/aromatic N) is 2. The molecule has 0 bridgehead atoms. The average Bonchev–Trinajstić information content (AvgIpc) is 3.14. The van der Waals surface area contributed by atoms with Gasteiger partial charge in [0.15, 0.2) is 0 Å². The summed E-state index contributed by atoms with van der Waals surface area (Å²) in [5.74, 6) is -1.42. The van der Waals surface area contributed by atoms with Gasteiger partial charge in [0.1, 0.15) is 5.82 Å². The molecule has 3 rings (SSSR count). The molecule has 10 heteroatoms. The molecular formula is C20H16F4N4O2. The average molecular weight is 420 g/mol. The minimum atomic E-state index is -4.43. The van der Waals surface area contributed by atoms with Crippen molar-refractivity contribution in [2.75, 3.05) is 11.9 Å². The first-order chi connectivity index (χ1) is 14.2. The van der Waals surface area contributed by atoms with Crippen molar-refractivity contribution in [1.82, 2.24) is 15.1 Å². The second kappa shape index (κ2) is 8.76. The van der Waals surface area contributed by atoms with E-state index < -0.39 is 29.4 Å². The zero-order valence-electron chi connectivity index (χ0n) is 15.4. The van der Waals surface area contributed by atoms with Crippen LogP contribution in [0.5, 0.6) is 0 Å². The van der Waals surface area contributed by atoms with Crippen LogP contribution in [-0.2, 0) is 22.2 Å². The van der Waals surface area contributed by atoms with Crippen molar-refractivity contribution < 1.29 is 27.2 Å². The third kappa shape index (κ3) is 5.66. The fourth-order valence-electron chi connectivity index (χ4n) is 2.61. The van der Waals surface area contributed by atoms with Crippen molar-refractivity contribution in [3.63, 3.8) is 0 Å². The van der Waals surface area contributed by atoms with Crippen molar-refractivity contribution in [3.05, 3.63) is 77.9 Å². The molecule has 0 radical (unpaired) electrons. The van der Waals surface area contributed by atoms with Crippen molar-refractivity contribution in [2.45, 2.75) is 12.6 Å². The summed E-state index contributed by atoms with van der Waals surface area (Å²) in [7, 11) is 0. The standard InChI is InChI=1S/C20H16F4N4O2/c21-15-3-1-2-13(8-15)9-18(29)25-11-19(30)27-16-10-26-28(12-16)17-6-4-14(5-7-17)20(22,23)24/h1-8,10,12H,9,11H2,(H,25,29)(H,27,30). The molecule has 0 fully saturated rings. The van der Waals surface area contributed by atoms with E-state index in [4.69, 9.17) is 0 Å². The van der Waals surface area contributed by atoms with Crippen LogP contribution in [0.25, 0.3) is 5.69 Å². The number of halogens is 4. The number of aromatic nitrogens is 2. The van der Waals surface area contributed by atoms with Crippen LogP contribution in [0.2, 0.25) is 0 Å². The lowest BCUT2D eigenvalue weighted by molar-refractivity contribution is -0.137. The molecule has 3 aromatic rings. The normalized spacial score (nSPS) is 11.2. The predicted octanol–water partition coefficient (Wildman–Crippen LogP) is 3.33. The Morgan fingerprint density at radius 1 is 1.03 bits per heavy atom. The SMILES string of the molecule is O=C(Cc1cccc(F)c1)NCC(=O)Nc1cnn(-c2ccc(C(F)(F)F)cc2)c1. The summed E-state index contributed by atoms with van der Waals surface area (Å²) in [6, 6.07) is 9.96. The number of benzene rings is 2. The van der Waals surface area contributed by atoms with Crippen LogP contribution in [0.3, 0.4) is 0 Å². The number of carbonyl (C=O) groups excluding carboxylic acids is 2. The zero-order valence-corrected chi connectivity index (χ0v) is 15.4. The molecule has 0 aliphatic rings. The zero-order chi connectivity index (χ0) is 21.7. The Bertz CT molecular complexity index is 1050. The number of hydrogen-bond acceptors (Lipinski definition) is 3. The van der Waals surface area contributed by atoms with Crippen LogP contribution in [0, 0.1) is 5.82 Å². The molecule has 2 N–H and O–H groups in total. The molecule has 30 heavy (non-hydrogen) atoms. The summed E-state index contributed by atoms with van der Waals surface area (Å²) >= 11 is 0. The number of rotatable bonds is 6. The molecule has 1 heterocycles. The summed E-state index contributed by atoms with van der Waals surface area (Å²) < 4.78 is 52.3. The summed E-state index contributed by atoms with van der Waals surface area (Å²) in [4.78, 5) is 23.8. The van der Waals surface area contributed by atoms with Gasteiger partial charge in [-0.25, -0.2) is 9.07 Å². The van der Waals surface area contributed by atoms with Gasteiger partial charge in [-0.3, -0.25) is 9.59 Å². The van der Waals surface area contributed by atoms with Gasteiger partial charge in [0.25, 0.3) is 0 Å². The molecule has 0 saturated heterocycles. The summed E-state index contributed by atoms with van der Waals surface area (Å²) in [6.45, 7) is -0.306. The van der Waals surface area contributed by atoms with E-state index in [1.807, 2.05) is 0 Å². The van der Waals surface area contributed by atoms with E-state index in [2.05, 4.69) is 15.7 Å². The monoisotopic (exact) mass is 420 g/mol. The lowest BCUT2D eigenvalue weighted by Gasteiger charge is -2.07. The first-order valence-electron chi connectivity index (χ1n) is 8.74. The molecule has 1 aromatic heterocycles. The maximum absolute atomic E-state index is 13.1. The Balaban J connectivity index is 1.51. The third-order valence-electron chi connectivity index (χ3n) is 4.03. The molecule has 156 valence electrons. The van der Waals surface area contributed by atoms with Crippen LogP contribution in [0.4, 0.5) is 23.2 Å². The molecule has 2 aromatic carbocycles. The van der Waals surface area contributed by atoms with E-state index in [1.54, 1.807) is 6.07 Å². The van der Waals surface area contributed by atoms with Gasteiger partial charge in [0.2, 0.25) is 11.8 Å². The Morgan fingerprint density at radius 2 is 1.77 bits per heavy atom. The van der Waals surface area contributed by atoms with Gasteiger partial charge in [-0.1, -0.05) is 12.1 Å². The molecule has 0 aliphatic carbocycles. The van der Waals surface area contributed by atoms with Crippen LogP contribution < -0.4 is 10.6 Å². The first kappa shape index (κ1) is 21.0. The summed E-state index contributed by atoms with van der Waals surface area (Å²) in [6.07, 6.45) is -1.75. The van der Waals surface area contributed by atoms with Crippen LogP contribution >= 0.6 is 0 Å². The Morgan fingerprint density at radius 3 is 2.43 bits per heavy atom. The smallest absolute Gasteiger partial charge is 0.347 e. The number of carbonyl (C=O) groups is 2. The number of amides is 2. The van der Waals surface area contributed by atoms with Gasteiger partial charge < -0.3 is 10.6 Å². The topological polar surface area (TPSA) is 76.0 Å². The fourth-order valence-corrected chi connectivity index (χ4v) is 2.61. The Kier molecular flexibility index (Phi) is 6.14. The number of alkyl halides is 3. The highest BCUT2D eigenvalue weighted by molar-refractivity contribution is 5.94. The minimum Gasteiger partial charge on any atom is -0.347 e. The quantitative estimate of drug-likeness (QED) is 0.601. The molecule has 0 aliphatic heterocycles. The van der Waals surface area contributed by atoms with E-state index in [9.17, 15) is 27.2 Å². The van der Waals surface area contributed by atoms with Gasteiger partial charge in [-0.2, -0.15) is 18.3 Å². The predicted molar refractivity (Wildman–Crippen MR) is 100 cm³/mol. The van der Waals surface area contributed by atoms with Crippen molar-refractivity contribution in [2.24, 2.45) is 0 Å². The lowest BCUT2D eigenvalue weighted by atomic mass is 10.1. The van der Waals surface area contributed by atoms with Gasteiger partial charge in [0, 0.05) is 0 Å². The molecule has 2 amide bonds.